The highest BCUT2D eigenvalue weighted by Gasteiger charge is 2.16. The number of rotatable bonds is 9. The molecule has 1 amide bonds. The molecule has 0 atom stereocenters. The lowest BCUT2D eigenvalue weighted by Gasteiger charge is -2.17. The van der Waals surface area contributed by atoms with Gasteiger partial charge in [-0.1, -0.05) is 33.6 Å². The second kappa shape index (κ2) is 10.7. The van der Waals surface area contributed by atoms with Gasteiger partial charge in [-0.15, -0.1) is 0 Å². The molecule has 0 saturated heterocycles. The summed E-state index contributed by atoms with van der Waals surface area (Å²) in [4.78, 5) is 23.4. The maximum Gasteiger partial charge on any atom is 0.335 e. The van der Waals surface area contributed by atoms with Crippen molar-refractivity contribution in [3.63, 3.8) is 0 Å². The fraction of sp³-hybridized carbons (Fsp3) is 0.167. The Morgan fingerprint density at radius 3 is 2.25 bits per heavy atom. The van der Waals surface area contributed by atoms with Gasteiger partial charge >= 0.3 is 5.97 Å². The van der Waals surface area contributed by atoms with Crippen LogP contribution in [-0.2, 0) is 11.3 Å². The summed E-state index contributed by atoms with van der Waals surface area (Å²) < 4.78 is 12.1. The van der Waals surface area contributed by atoms with Crippen molar-refractivity contribution >= 4 is 39.2 Å². The maximum atomic E-state index is 12.4. The van der Waals surface area contributed by atoms with Crippen molar-refractivity contribution in [2.24, 2.45) is 0 Å². The molecule has 0 aromatic heterocycles. The van der Waals surface area contributed by atoms with Gasteiger partial charge in [-0.25, -0.2) is 4.79 Å². The van der Waals surface area contributed by atoms with Gasteiger partial charge < -0.3 is 25.2 Å². The van der Waals surface area contributed by atoms with Gasteiger partial charge in [0.15, 0.2) is 18.1 Å². The first-order chi connectivity index (χ1) is 15.4. The van der Waals surface area contributed by atoms with E-state index in [0.29, 0.717) is 23.7 Å². The molecule has 3 aromatic carbocycles. The van der Waals surface area contributed by atoms with Crippen molar-refractivity contribution in [2.75, 3.05) is 24.4 Å². The molecule has 0 aliphatic carbocycles. The maximum absolute atomic E-state index is 12.4. The highest BCUT2D eigenvalue weighted by molar-refractivity contribution is 9.10. The lowest BCUT2D eigenvalue weighted by atomic mass is 10.1. The fourth-order valence-electron chi connectivity index (χ4n) is 2.96. The molecule has 3 aromatic rings. The highest BCUT2D eigenvalue weighted by atomic mass is 79.9. The van der Waals surface area contributed by atoms with Crippen LogP contribution in [0.5, 0.6) is 11.5 Å². The molecule has 8 heteroatoms. The zero-order valence-corrected chi connectivity index (χ0v) is 19.2. The van der Waals surface area contributed by atoms with E-state index < -0.39 is 5.97 Å². The van der Waals surface area contributed by atoms with Crippen LogP contribution in [0.3, 0.4) is 0 Å². The molecular weight excluding hydrogens is 476 g/mol. The molecule has 3 N–H and O–H groups in total. The molecule has 166 valence electrons. The number of amides is 1. The van der Waals surface area contributed by atoms with E-state index in [9.17, 15) is 9.59 Å². The molecular formula is C24H23BrN2O5. The van der Waals surface area contributed by atoms with Crippen LogP contribution in [0.1, 0.15) is 21.5 Å². The Bertz CT molecular complexity index is 1100. The van der Waals surface area contributed by atoms with Crippen LogP contribution in [0, 0.1) is 6.92 Å². The van der Waals surface area contributed by atoms with E-state index in [2.05, 4.69) is 26.6 Å². The monoisotopic (exact) mass is 498 g/mol. The van der Waals surface area contributed by atoms with Crippen LogP contribution in [0.25, 0.3) is 0 Å². The molecule has 3 rings (SSSR count). The highest BCUT2D eigenvalue weighted by Crippen LogP contribution is 2.37. The van der Waals surface area contributed by atoms with Crippen LogP contribution >= 0.6 is 15.9 Å². The number of carboxylic acid groups (broad SMARTS) is 1. The van der Waals surface area contributed by atoms with Crippen LogP contribution in [0.4, 0.5) is 11.4 Å². The topological polar surface area (TPSA) is 96.9 Å². The third-order valence-electron chi connectivity index (χ3n) is 4.67. The third-order valence-corrected chi connectivity index (χ3v) is 5.41. The van der Waals surface area contributed by atoms with Crippen LogP contribution in [0.2, 0.25) is 0 Å². The first kappa shape index (κ1) is 23.1. The Morgan fingerprint density at radius 1 is 0.969 bits per heavy atom. The van der Waals surface area contributed by atoms with Gasteiger partial charge in [-0.2, -0.15) is 0 Å². The number of aryl methyl sites for hydroxylation is 1. The average Bonchev–Trinajstić information content (AvgIpc) is 2.78. The number of ether oxygens (including phenoxy) is 2. The molecule has 0 heterocycles. The lowest BCUT2D eigenvalue weighted by molar-refractivity contribution is -0.118. The van der Waals surface area contributed by atoms with Crippen molar-refractivity contribution in [1.82, 2.24) is 0 Å². The number of carbonyl (C=O) groups excluding carboxylic acids is 1. The van der Waals surface area contributed by atoms with Gasteiger partial charge in [0.05, 0.1) is 12.7 Å². The number of carbonyl (C=O) groups is 2. The SMILES string of the molecule is COc1ccc(Br)c(CNc2ccc(C(=O)O)cc2)c1OCC(=O)Nc1ccc(C)cc1. The Kier molecular flexibility index (Phi) is 7.72. The second-order valence-electron chi connectivity index (χ2n) is 7.00. The fourth-order valence-corrected chi connectivity index (χ4v) is 3.41. The number of carboxylic acids is 1. The van der Waals surface area contributed by atoms with Crippen LogP contribution in [0.15, 0.2) is 65.1 Å². The zero-order chi connectivity index (χ0) is 23.1. The smallest absolute Gasteiger partial charge is 0.335 e. The summed E-state index contributed by atoms with van der Waals surface area (Å²) in [7, 11) is 1.53. The molecule has 0 aliphatic heterocycles. The summed E-state index contributed by atoms with van der Waals surface area (Å²) in [6, 6.07) is 17.5. The Balaban J connectivity index is 1.71. The number of nitrogens with one attached hydrogen (secondary N) is 2. The van der Waals surface area contributed by atoms with E-state index in [1.54, 1.807) is 18.2 Å². The summed E-state index contributed by atoms with van der Waals surface area (Å²) >= 11 is 3.53. The summed E-state index contributed by atoms with van der Waals surface area (Å²) in [5.41, 5.74) is 3.51. The van der Waals surface area contributed by atoms with Crippen LogP contribution < -0.4 is 20.1 Å². The van der Waals surface area contributed by atoms with E-state index in [1.807, 2.05) is 37.3 Å². The van der Waals surface area contributed by atoms with Crippen LogP contribution in [-0.4, -0.2) is 30.7 Å². The zero-order valence-electron chi connectivity index (χ0n) is 17.6. The summed E-state index contributed by atoms with van der Waals surface area (Å²) in [6.45, 7) is 2.14. The first-order valence-corrected chi connectivity index (χ1v) is 10.6. The molecule has 0 unspecified atom stereocenters. The number of halogens is 1. The van der Waals surface area contributed by atoms with Gasteiger partial charge in [0.1, 0.15) is 0 Å². The summed E-state index contributed by atoms with van der Waals surface area (Å²) in [5, 5.41) is 15.1. The van der Waals surface area contributed by atoms with Crippen molar-refractivity contribution < 1.29 is 24.2 Å². The largest absolute Gasteiger partial charge is 0.493 e. The minimum Gasteiger partial charge on any atom is -0.493 e. The quantitative estimate of drug-likeness (QED) is 0.380. The van der Waals surface area contributed by atoms with E-state index in [-0.39, 0.29) is 18.1 Å². The number of methoxy groups -OCH3 is 1. The lowest BCUT2D eigenvalue weighted by Crippen LogP contribution is -2.21. The van der Waals surface area contributed by atoms with Gasteiger partial charge in [0.2, 0.25) is 0 Å². The average molecular weight is 499 g/mol. The number of anilines is 2. The number of benzene rings is 3. The minimum absolute atomic E-state index is 0.193. The van der Waals surface area contributed by atoms with E-state index in [4.69, 9.17) is 14.6 Å². The molecule has 0 saturated carbocycles. The summed E-state index contributed by atoms with van der Waals surface area (Å²) in [6.07, 6.45) is 0. The number of hydrogen-bond acceptors (Lipinski definition) is 5. The van der Waals surface area contributed by atoms with Crippen molar-refractivity contribution in [3.8, 4) is 11.5 Å². The second-order valence-corrected chi connectivity index (χ2v) is 7.85. The number of aromatic carboxylic acids is 1. The normalized spacial score (nSPS) is 10.3. The minimum atomic E-state index is -0.980. The van der Waals surface area contributed by atoms with E-state index in [0.717, 1.165) is 21.3 Å². The van der Waals surface area contributed by atoms with Gasteiger partial charge in [0.25, 0.3) is 5.91 Å². The molecule has 0 bridgehead atoms. The molecule has 7 nitrogen and oxygen atoms in total. The Morgan fingerprint density at radius 2 is 1.62 bits per heavy atom. The van der Waals surface area contributed by atoms with Gasteiger partial charge in [0, 0.05) is 28.0 Å². The predicted octanol–water partition coefficient (Wildman–Crippen LogP) is 5.09. The predicted molar refractivity (Wildman–Crippen MR) is 127 cm³/mol. The molecule has 0 radical (unpaired) electrons. The Labute approximate surface area is 194 Å². The molecule has 32 heavy (non-hydrogen) atoms. The first-order valence-electron chi connectivity index (χ1n) is 9.79. The van der Waals surface area contributed by atoms with Crippen molar-refractivity contribution in [2.45, 2.75) is 13.5 Å². The standard InChI is InChI=1S/C24H23BrN2O5/c1-15-3-7-18(8-4-15)27-22(28)14-32-23-19(20(25)11-12-21(23)31-2)13-26-17-9-5-16(6-10-17)24(29)30/h3-12,26H,13-14H2,1-2H3,(H,27,28)(H,29,30). The van der Waals surface area contributed by atoms with E-state index >= 15 is 0 Å². The Hall–Kier alpha value is -3.52. The van der Waals surface area contributed by atoms with Crippen molar-refractivity contribution in [3.05, 3.63) is 81.8 Å². The van der Waals surface area contributed by atoms with Gasteiger partial charge in [-0.3, -0.25) is 4.79 Å². The third kappa shape index (κ3) is 6.01. The summed E-state index contributed by atoms with van der Waals surface area (Å²) in [5.74, 6) is -0.337. The van der Waals surface area contributed by atoms with Crippen molar-refractivity contribution in [1.29, 1.82) is 0 Å². The van der Waals surface area contributed by atoms with E-state index in [1.165, 1.54) is 19.2 Å². The molecule has 0 fully saturated rings. The molecule has 0 spiro atoms. The number of hydrogen-bond donors (Lipinski definition) is 3. The molecule has 0 aliphatic rings. The van der Waals surface area contributed by atoms with Gasteiger partial charge in [-0.05, 0) is 55.5 Å².